The summed E-state index contributed by atoms with van der Waals surface area (Å²) in [5.41, 5.74) is 0.433. The molecule has 1 aromatic rings. The minimum absolute atomic E-state index is 0.433. The summed E-state index contributed by atoms with van der Waals surface area (Å²) < 4.78 is 5.49. The van der Waals surface area contributed by atoms with Crippen LogP contribution in [-0.2, 0) is 6.54 Å². The zero-order valence-corrected chi connectivity index (χ0v) is 14.0. The fraction of sp³-hybridized carbons (Fsp3) is 0.778. The lowest BCUT2D eigenvalue weighted by Gasteiger charge is -2.37. The second-order valence-corrected chi connectivity index (χ2v) is 7.20. The normalized spacial score (nSPS) is 19.1. The Hall–Kier alpha value is -0.800. The lowest BCUT2D eigenvalue weighted by Crippen LogP contribution is -2.44. The minimum Gasteiger partial charge on any atom is -0.468 e. The van der Waals surface area contributed by atoms with E-state index in [1.54, 1.807) is 6.26 Å². The predicted octanol–water partition coefficient (Wildman–Crippen LogP) is 4.05. The third-order valence-electron chi connectivity index (χ3n) is 4.66. The maximum absolute atomic E-state index is 5.49. The molecule has 0 saturated heterocycles. The summed E-state index contributed by atoms with van der Waals surface area (Å²) in [4.78, 5) is 2.44. The molecule has 21 heavy (non-hydrogen) atoms. The van der Waals surface area contributed by atoms with Crippen molar-refractivity contribution in [3.8, 4) is 0 Å². The van der Waals surface area contributed by atoms with Crippen LogP contribution >= 0.6 is 0 Å². The van der Waals surface area contributed by atoms with Crippen LogP contribution in [0.15, 0.2) is 22.8 Å². The monoisotopic (exact) mass is 292 g/mol. The van der Waals surface area contributed by atoms with Crippen molar-refractivity contribution in [1.82, 2.24) is 10.2 Å². The Kier molecular flexibility index (Phi) is 6.31. The average molecular weight is 292 g/mol. The smallest absolute Gasteiger partial charge is 0.117 e. The van der Waals surface area contributed by atoms with Crippen LogP contribution in [0.4, 0.5) is 0 Å². The van der Waals surface area contributed by atoms with Crippen molar-refractivity contribution in [2.24, 2.45) is 5.41 Å². The number of hydrogen-bond acceptors (Lipinski definition) is 3. The molecular formula is C18H32N2O. The van der Waals surface area contributed by atoms with Crippen molar-refractivity contribution in [2.75, 3.05) is 20.1 Å². The maximum Gasteiger partial charge on any atom is 0.117 e. The highest BCUT2D eigenvalue weighted by Gasteiger charge is 2.32. The standard InChI is InChI=1S/C18H32N2O/c1-16(2)19-14-18(10-6-4-5-7-11-18)15-20(3)13-17-9-8-12-21-17/h8-9,12,16,19H,4-7,10-11,13-15H2,1-3H3. The summed E-state index contributed by atoms with van der Waals surface area (Å²) in [6.45, 7) is 7.71. The number of hydrogen-bond donors (Lipinski definition) is 1. The first-order chi connectivity index (χ1) is 10.1. The Morgan fingerprint density at radius 1 is 1.24 bits per heavy atom. The molecule has 0 bridgehead atoms. The van der Waals surface area contributed by atoms with E-state index < -0.39 is 0 Å². The second-order valence-electron chi connectivity index (χ2n) is 7.20. The van der Waals surface area contributed by atoms with E-state index in [2.05, 4.69) is 37.2 Å². The predicted molar refractivity (Wildman–Crippen MR) is 88.3 cm³/mol. The van der Waals surface area contributed by atoms with Crippen molar-refractivity contribution in [3.63, 3.8) is 0 Å². The zero-order valence-electron chi connectivity index (χ0n) is 14.0. The van der Waals surface area contributed by atoms with Gasteiger partial charge in [0.25, 0.3) is 0 Å². The summed E-state index contributed by atoms with van der Waals surface area (Å²) >= 11 is 0. The molecule has 1 N–H and O–H groups in total. The van der Waals surface area contributed by atoms with E-state index in [-0.39, 0.29) is 0 Å². The topological polar surface area (TPSA) is 28.4 Å². The van der Waals surface area contributed by atoms with Crippen molar-refractivity contribution in [2.45, 2.75) is 65.0 Å². The van der Waals surface area contributed by atoms with Gasteiger partial charge in [-0.1, -0.05) is 39.5 Å². The van der Waals surface area contributed by atoms with Crippen LogP contribution in [0.5, 0.6) is 0 Å². The number of rotatable bonds is 7. The van der Waals surface area contributed by atoms with Crippen LogP contribution in [0.2, 0.25) is 0 Å². The first-order valence-corrected chi connectivity index (χ1v) is 8.54. The van der Waals surface area contributed by atoms with E-state index in [1.807, 2.05) is 6.07 Å². The van der Waals surface area contributed by atoms with Gasteiger partial charge >= 0.3 is 0 Å². The van der Waals surface area contributed by atoms with Gasteiger partial charge in [-0.25, -0.2) is 0 Å². The van der Waals surface area contributed by atoms with Gasteiger partial charge in [-0.05, 0) is 37.4 Å². The molecule has 0 aliphatic heterocycles. The Balaban J connectivity index is 1.96. The van der Waals surface area contributed by atoms with Gasteiger partial charge in [0.2, 0.25) is 0 Å². The Bertz CT molecular complexity index is 378. The van der Waals surface area contributed by atoms with Crippen molar-refractivity contribution < 1.29 is 4.42 Å². The lowest BCUT2D eigenvalue weighted by molar-refractivity contribution is 0.133. The molecule has 1 fully saturated rings. The number of nitrogens with one attached hydrogen (secondary N) is 1. The van der Waals surface area contributed by atoms with Gasteiger partial charge in [-0.15, -0.1) is 0 Å². The maximum atomic E-state index is 5.49. The zero-order chi connectivity index (χ0) is 15.1. The third-order valence-corrected chi connectivity index (χ3v) is 4.66. The summed E-state index contributed by atoms with van der Waals surface area (Å²) in [7, 11) is 2.23. The summed E-state index contributed by atoms with van der Waals surface area (Å²) in [6, 6.07) is 4.62. The Morgan fingerprint density at radius 3 is 2.52 bits per heavy atom. The minimum atomic E-state index is 0.433. The molecule has 120 valence electrons. The molecule has 3 nitrogen and oxygen atoms in total. The van der Waals surface area contributed by atoms with Crippen molar-refractivity contribution in [3.05, 3.63) is 24.2 Å². The first-order valence-electron chi connectivity index (χ1n) is 8.54. The number of nitrogens with zero attached hydrogens (tertiary/aromatic N) is 1. The molecule has 1 aromatic heterocycles. The summed E-state index contributed by atoms with van der Waals surface area (Å²) in [5.74, 6) is 1.07. The van der Waals surface area contributed by atoms with E-state index in [1.165, 1.54) is 38.5 Å². The van der Waals surface area contributed by atoms with Gasteiger partial charge in [-0.2, -0.15) is 0 Å². The van der Waals surface area contributed by atoms with Gasteiger partial charge < -0.3 is 9.73 Å². The molecule has 0 amide bonds. The van der Waals surface area contributed by atoms with Gasteiger partial charge in [0.05, 0.1) is 12.8 Å². The SMILES string of the molecule is CC(C)NCC1(CN(C)Cc2ccco2)CCCCCC1. The molecule has 0 atom stereocenters. The molecule has 1 aliphatic rings. The van der Waals surface area contributed by atoms with Crippen LogP contribution in [0.3, 0.4) is 0 Å². The molecule has 2 rings (SSSR count). The van der Waals surface area contributed by atoms with Gasteiger partial charge in [0, 0.05) is 19.1 Å². The van der Waals surface area contributed by atoms with E-state index in [0.717, 1.165) is 25.4 Å². The fourth-order valence-corrected chi connectivity index (χ4v) is 3.59. The molecule has 1 heterocycles. The van der Waals surface area contributed by atoms with Gasteiger partial charge in [0.15, 0.2) is 0 Å². The van der Waals surface area contributed by atoms with Crippen molar-refractivity contribution >= 4 is 0 Å². The Morgan fingerprint density at radius 2 is 1.95 bits per heavy atom. The highest BCUT2D eigenvalue weighted by atomic mass is 16.3. The molecular weight excluding hydrogens is 260 g/mol. The van der Waals surface area contributed by atoms with E-state index in [9.17, 15) is 0 Å². The number of furan rings is 1. The van der Waals surface area contributed by atoms with Crippen LogP contribution in [-0.4, -0.2) is 31.1 Å². The third kappa shape index (κ3) is 5.48. The molecule has 0 unspecified atom stereocenters. The highest BCUT2D eigenvalue weighted by molar-refractivity contribution is 4.98. The van der Waals surface area contributed by atoms with E-state index >= 15 is 0 Å². The van der Waals surface area contributed by atoms with Crippen LogP contribution in [0, 0.1) is 5.41 Å². The summed E-state index contributed by atoms with van der Waals surface area (Å²) in [5, 5.41) is 3.70. The molecule has 1 saturated carbocycles. The van der Waals surface area contributed by atoms with Gasteiger partial charge in [-0.3, -0.25) is 4.90 Å². The van der Waals surface area contributed by atoms with E-state index in [0.29, 0.717) is 11.5 Å². The van der Waals surface area contributed by atoms with E-state index in [4.69, 9.17) is 4.42 Å². The molecule has 0 aromatic carbocycles. The average Bonchev–Trinajstić information content (AvgIpc) is 2.82. The van der Waals surface area contributed by atoms with Crippen molar-refractivity contribution in [1.29, 1.82) is 0 Å². The molecule has 0 spiro atoms. The first kappa shape index (κ1) is 16.6. The molecule has 1 aliphatic carbocycles. The summed E-state index contributed by atoms with van der Waals surface area (Å²) in [6.07, 6.45) is 10.1. The Labute approximate surface area is 130 Å². The van der Waals surface area contributed by atoms with Crippen LogP contribution < -0.4 is 5.32 Å². The highest BCUT2D eigenvalue weighted by Crippen LogP contribution is 2.35. The van der Waals surface area contributed by atoms with Gasteiger partial charge in [0.1, 0.15) is 5.76 Å². The molecule has 0 radical (unpaired) electrons. The largest absolute Gasteiger partial charge is 0.468 e. The second kappa shape index (κ2) is 8.00. The fourth-order valence-electron chi connectivity index (χ4n) is 3.59. The van der Waals surface area contributed by atoms with Crippen LogP contribution in [0.1, 0.15) is 58.1 Å². The lowest BCUT2D eigenvalue weighted by atomic mass is 9.79. The molecule has 3 heteroatoms. The quantitative estimate of drug-likeness (QED) is 0.769. The van der Waals surface area contributed by atoms with Crippen LogP contribution in [0.25, 0.3) is 0 Å².